The van der Waals surface area contributed by atoms with Crippen LogP contribution >= 0.6 is 22.7 Å². The second kappa shape index (κ2) is 4.28. The Balaban J connectivity index is 1.94. The van der Waals surface area contributed by atoms with Gasteiger partial charge in [-0.1, -0.05) is 0 Å². The van der Waals surface area contributed by atoms with E-state index in [-0.39, 0.29) is 0 Å². The molecular weight excluding hydrogens is 274 g/mol. The average Bonchev–Trinajstić information content (AvgIpc) is 2.97. The number of aromatic nitrogens is 2. The SMILES string of the molecule is Nc1sc2c(c1-c1nc3cnccc3s1)CCCC2. The Hall–Kier alpha value is -1.46. The summed E-state index contributed by atoms with van der Waals surface area (Å²) < 4.78 is 1.18. The van der Waals surface area contributed by atoms with E-state index in [0.29, 0.717) is 0 Å². The van der Waals surface area contributed by atoms with Gasteiger partial charge in [0, 0.05) is 16.6 Å². The van der Waals surface area contributed by atoms with Gasteiger partial charge in [-0.05, 0) is 37.3 Å². The van der Waals surface area contributed by atoms with Crippen LogP contribution in [0.4, 0.5) is 5.00 Å². The monoisotopic (exact) mass is 287 g/mol. The highest BCUT2D eigenvalue weighted by atomic mass is 32.1. The topological polar surface area (TPSA) is 51.8 Å². The lowest BCUT2D eigenvalue weighted by atomic mass is 9.96. The Bertz CT molecular complexity index is 724. The second-order valence-corrected chi connectivity index (χ2v) is 6.98. The largest absolute Gasteiger partial charge is 0.390 e. The third-order valence-corrected chi connectivity index (χ3v) is 5.78. The van der Waals surface area contributed by atoms with E-state index in [1.807, 2.05) is 18.5 Å². The van der Waals surface area contributed by atoms with Crippen LogP contribution in [0.3, 0.4) is 0 Å². The third kappa shape index (κ3) is 1.76. The standard InChI is InChI=1S/C14H13N3S2/c15-13-12(8-3-1-2-4-10(8)18-13)14-17-9-7-16-6-5-11(9)19-14/h5-7H,1-4,15H2. The molecule has 0 unspecified atom stereocenters. The number of hydrogen-bond donors (Lipinski definition) is 1. The normalized spacial score (nSPS) is 14.7. The summed E-state index contributed by atoms with van der Waals surface area (Å²) in [6.07, 6.45) is 8.52. The summed E-state index contributed by atoms with van der Waals surface area (Å²) in [6.45, 7) is 0. The molecular formula is C14H13N3S2. The molecule has 1 aliphatic carbocycles. The molecule has 2 N–H and O–H groups in total. The predicted molar refractivity (Wildman–Crippen MR) is 81.8 cm³/mol. The fourth-order valence-corrected chi connectivity index (χ4v) is 4.95. The Morgan fingerprint density at radius 1 is 1.16 bits per heavy atom. The number of fused-ring (bicyclic) bond motifs is 2. The molecule has 3 aromatic rings. The highest BCUT2D eigenvalue weighted by Gasteiger charge is 2.22. The molecule has 0 saturated carbocycles. The van der Waals surface area contributed by atoms with Crippen LogP contribution in [-0.4, -0.2) is 9.97 Å². The van der Waals surface area contributed by atoms with E-state index < -0.39 is 0 Å². The highest BCUT2D eigenvalue weighted by molar-refractivity contribution is 7.22. The number of anilines is 1. The molecule has 19 heavy (non-hydrogen) atoms. The lowest BCUT2D eigenvalue weighted by Crippen LogP contribution is -1.99. The van der Waals surface area contributed by atoms with E-state index in [1.165, 1.54) is 40.0 Å². The lowest BCUT2D eigenvalue weighted by Gasteiger charge is -2.11. The molecule has 0 atom stereocenters. The minimum Gasteiger partial charge on any atom is -0.390 e. The van der Waals surface area contributed by atoms with Crippen LogP contribution in [0.1, 0.15) is 23.3 Å². The van der Waals surface area contributed by atoms with Crippen LogP contribution in [0.15, 0.2) is 18.5 Å². The molecule has 1 aliphatic rings. The minimum absolute atomic E-state index is 0.930. The fraction of sp³-hybridized carbons (Fsp3) is 0.286. The van der Waals surface area contributed by atoms with Gasteiger partial charge in [-0.2, -0.15) is 0 Å². The van der Waals surface area contributed by atoms with Gasteiger partial charge in [0.05, 0.1) is 15.9 Å². The molecule has 0 bridgehead atoms. The summed E-state index contributed by atoms with van der Waals surface area (Å²) in [5.74, 6) is 0. The van der Waals surface area contributed by atoms with Crippen LogP contribution in [-0.2, 0) is 12.8 Å². The molecule has 3 nitrogen and oxygen atoms in total. The zero-order valence-electron chi connectivity index (χ0n) is 10.3. The number of thiophene rings is 1. The Morgan fingerprint density at radius 3 is 2.95 bits per heavy atom. The molecule has 3 aromatic heterocycles. The average molecular weight is 287 g/mol. The first-order valence-corrected chi connectivity index (χ1v) is 8.07. The predicted octanol–water partition coefficient (Wildman–Crippen LogP) is 3.88. The van der Waals surface area contributed by atoms with Gasteiger partial charge in [0.2, 0.25) is 0 Å². The Labute approximate surface area is 119 Å². The van der Waals surface area contributed by atoms with Gasteiger partial charge < -0.3 is 5.73 Å². The van der Waals surface area contributed by atoms with Crippen molar-refractivity contribution in [1.82, 2.24) is 9.97 Å². The van der Waals surface area contributed by atoms with Crippen molar-refractivity contribution in [2.24, 2.45) is 0 Å². The summed E-state index contributed by atoms with van der Waals surface area (Å²) in [5.41, 5.74) is 9.86. The summed E-state index contributed by atoms with van der Waals surface area (Å²) in [6, 6.07) is 2.02. The van der Waals surface area contributed by atoms with Crippen LogP contribution in [0.2, 0.25) is 0 Å². The second-order valence-electron chi connectivity index (χ2n) is 4.81. The van der Waals surface area contributed by atoms with Gasteiger partial charge in [0.15, 0.2) is 0 Å². The van der Waals surface area contributed by atoms with E-state index in [4.69, 9.17) is 10.7 Å². The van der Waals surface area contributed by atoms with E-state index >= 15 is 0 Å². The van der Waals surface area contributed by atoms with E-state index in [1.54, 1.807) is 22.7 Å². The smallest absolute Gasteiger partial charge is 0.127 e. The Morgan fingerprint density at radius 2 is 2.05 bits per heavy atom. The lowest BCUT2D eigenvalue weighted by molar-refractivity contribution is 0.698. The number of nitrogen functional groups attached to an aromatic ring is 1. The molecule has 96 valence electrons. The molecule has 0 fully saturated rings. The van der Waals surface area contributed by atoms with Gasteiger partial charge in [0.1, 0.15) is 10.5 Å². The number of thiazole rings is 1. The molecule has 0 aliphatic heterocycles. The molecule has 3 heterocycles. The number of rotatable bonds is 1. The van der Waals surface area contributed by atoms with Crippen molar-refractivity contribution in [2.75, 3.05) is 5.73 Å². The zero-order chi connectivity index (χ0) is 12.8. The van der Waals surface area contributed by atoms with E-state index in [9.17, 15) is 0 Å². The maximum atomic E-state index is 6.24. The summed E-state index contributed by atoms with van der Waals surface area (Å²) >= 11 is 3.47. The molecule has 0 saturated heterocycles. The van der Waals surface area contributed by atoms with Crippen molar-refractivity contribution in [3.05, 3.63) is 28.9 Å². The van der Waals surface area contributed by atoms with Crippen molar-refractivity contribution in [3.8, 4) is 10.6 Å². The maximum Gasteiger partial charge on any atom is 0.127 e. The van der Waals surface area contributed by atoms with Crippen molar-refractivity contribution < 1.29 is 0 Å². The number of aryl methyl sites for hydroxylation is 1. The maximum absolute atomic E-state index is 6.24. The van der Waals surface area contributed by atoms with E-state index in [0.717, 1.165) is 21.9 Å². The number of hydrogen-bond acceptors (Lipinski definition) is 5. The number of pyridine rings is 1. The first-order chi connectivity index (χ1) is 9.33. The molecule has 4 rings (SSSR count). The highest BCUT2D eigenvalue weighted by Crippen LogP contribution is 2.44. The molecule has 0 aromatic carbocycles. The molecule has 0 radical (unpaired) electrons. The number of nitrogens with two attached hydrogens (primary N) is 1. The summed E-state index contributed by atoms with van der Waals surface area (Å²) in [4.78, 5) is 10.3. The van der Waals surface area contributed by atoms with Crippen LogP contribution in [0.25, 0.3) is 20.8 Å². The first kappa shape index (κ1) is 11.4. The molecule has 0 amide bonds. The zero-order valence-corrected chi connectivity index (χ0v) is 12.0. The number of nitrogens with zero attached hydrogens (tertiary/aromatic N) is 2. The van der Waals surface area contributed by atoms with E-state index in [2.05, 4.69) is 4.98 Å². The first-order valence-electron chi connectivity index (χ1n) is 6.44. The van der Waals surface area contributed by atoms with Crippen LogP contribution in [0.5, 0.6) is 0 Å². The summed E-state index contributed by atoms with van der Waals surface area (Å²) in [5, 5.41) is 1.99. The van der Waals surface area contributed by atoms with Crippen molar-refractivity contribution >= 4 is 37.9 Å². The molecule has 5 heteroatoms. The minimum atomic E-state index is 0.930. The van der Waals surface area contributed by atoms with Gasteiger partial charge >= 0.3 is 0 Å². The van der Waals surface area contributed by atoms with Crippen molar-refractivity contribution in [2.45, 2.75) is 25.7 Å². The summed E-state index contributed by atoms with van der Waals surface area (Å²) in [7, 11) is 0. The van der Waals surface area contributed by atoms with Gasteiger partial charge in [0.25, 0.3) is 0 Å². The van der Waals surface area contributed by atoms with Gasteiger partial charge in [-0.25, -0.2) is 4.98 Å². The van der Waals surface area contributed by atoms with Crippen LogP contribution < -0.4 is 5.73 Å². The molecule has 0 spiro atoms. The quantitative estimate of drug-likeness (QED) is 0.739. The Kier molecular flexibility index (Phi) is 2.56. The van der Waals surface area contributed by atoms with Gasteiger partial charge in [-0.3, -0.25) is 4.98 Å². The fourth-order valence-electron chi connectivity index (χ4n) is 2.71. The van der Waals surface area contributed by atoms with Crippen LogP contribution in [0, 0.1) is 0 Å². The third-order valence-electron chi connectivity index (χ3n) is 3.60. The van der Waals surface area contributed by atoms with Crippen molar-refractivity contribution in [3.63, 3.8) is 0 Å². The van der Waals surface area contributed by atoms with Crippen molar-refractivity contribution in [1.29, 1.82) is 0 Å². The van der Waals surface area contributed by atoms with Gasteiger partial charge in [-0.15, -0.1) is 22.7 Å².